The lowest BCUT2D eigenvalue weighted by Crippen LogP contribution is -2.40. The van der Waals surface area contributed by atoms with Crippen molar-refractivity contribution in [3.8, 4) is 0 Å². The van der Waals surface area contributed by atoms with Gasteiger partial charge >= 0.3 is 0 Å². The molecule has 1 aliphatic carbocycles. The largest absolute Gasteiger partial charge is 0.326 e. The third-order valence-corrected chi connectivity index (χ3v) is 3.93. The molecule has 1 fully saturated rings. The SMILES string of the molecule is CC(=O)Nc1ccc(NC(=O)CC2(N)CCCC2)cc1C. The molecule has 1 aromatic carbocycles. The van der Waals surface area contributed by atoms with Gasteiger partial charge in [-0.2, -0.15) is 0 Å². The second kappa shape index (κ2) is 6.26. The molecule has 0 heterocycles. The summed E-state index contributed by atoms with van der Waals surface area (Å²) in [5, 5.41) is 5.63. The number of amides is 2. The van der Waals surface area contributed by atoms with Crippen LogP contribution in [0.5, 0.6) is 0 Å². The summed E-state index contributed by atoms with van der Waals surface area (Å²) >= 11 is 0. The average Bonchev–Trinajstić information content (AvgIpc) is 2.78. The first-order valence-corrected chi connectivity index (χ1v) is 7.35. The maximum Gasteiger partial charge on any atom is 0.226 e. The van der Waals surface area contributed by atoms with Crippen LogP contribution in [0.3, 0.4) is 0 Å². The first-order valence-electron chi connectivity index (χ1n) is 7.35. The molecular weight excluding hydrogens is 266 g/mol. The van der Waals surface area contributed by atoms with Gasteiger partial charge in [0.1, 0.15) is 0 Å². The van der Waals surface area contributed by atoms with Crippen molar-refractivity contribution < 1.29 is 9.59 Å². The highest BCUT2D eigenvalue weighted by atomic mass is 16.2. The van der Waals surface area contributed by atoms with Gasteiger partial charge in [0.2, 0.25) is 11.8 Å². The van der Waals surface area contributed by atoms with E-state index in [0.29, 0.717) is 6.42 Å². The summed E-state index contributed by atoms with van der Waals surface area (Å²) in [4.78, 5) is 23.1. The van der Waals surface area contributed by atoms with Crippen molar-refractivity contribution in [1.29, 1.82) is 0 Å². The van der Waals surface area contributed by atoms with Gasteiger partial charge in [0.15, 0.2) is 0 Å². The van der Waals surface area contributed by atoms with Gasteiger partial charge in [-0.1, -0.05) is 12.8 Å². The van der Waals surface area contributed by atoms with E-state index < -0.39 is 0 Å². The number of anilines is 2. The molecule has 2 amide bonds. The smallest absolute Gasteiger partial charge is 0.226 e. The fourth-order valence-corrected chi connectivity index (χ4v) is 2.85. The van der Waals surface area contributed by atoms with Crippen molar-refractivity contribution >= 4 is 23.2 Å². The number of carbonyl (C=O) groups is 2. The highest BCUT2D eigenvalue weighted by molar-refractivity contribution is 5.93. The molecule has 0 aromatic heterocycles. The molecule has 5 nitrogen and oxygen atoms in total. The van der Waals surface area contributed by atoms with Crippen LogP contribution in [0.4, 0.5) is 11.4 Å². The fourth-order valence-electron chi connectivity index (χ4n) is 2.85. The van der Waals surface area contributed by atoms with Crippen LogP contribution in [0.15, 0.2) is 18.2 Å². The minimum atomic E-state index is -0.338. The first-order chi connectivity index (χ1) is 9.88. The third kappa shape index (κ3) is 4.29. The summed E-state index contributed by atoms with van der Waals surface area (Å²) in [6, 6.07) is 5.43. The standard InChI is InChI=1S/C16H23N3O2/c1-11-9-13(5-6-14(11)18-12(2)20)19-15(21)10-16(17)7-3-4-8-16/h5-6,9H,3-4,7-8,10,17H2,1-2H3,(H,18,20)(H,19,21). The van der Waals surface area contributed by atoms with Gasteiger partial charge in [0.25, 0.3) is 0 Å². The Morgan fingerprint density at radius 3 is 2.48 bits per heavy atom. The maximum atomic E-state index is 12.1. The van der Waals surface area contributed by atoms with Crippen LogP contribution in [-0.2, 0) is 9.59 Å². The quantitative estimate of drug-likeness (QED) is 0.796. The highest BCUT2D eigenvalue weighted by Crippen LogP contribution is 2.30. The van der Waals surface area contributed by atoms with Crippen LogP contribution in [0, 0.1) is 6.92 Å². The van der Waals surface area contributed by atoms with E-state index in [4.69, 9.17) is 5.73 Å². The van der Waals surface area contributed by atoms with Gasteiger partial charge in [-0.15, -0.1) is 0 Å². The van der Waals surface area contributed by atoms with E-state index >= 15 is 0 Å². The van der Waals surface area contributed by atoms with Crippen molar-refractivity contribution in [3.63, 3.8) is 0 Å². The van der Waals surface area contributed by atoms with Gasteiger partial charge < -0.3 is 16.4 Å². The third-order valence-electron chi connectivity index (χ3n) is 3.93. The van der Waals surface area contributed by atoms with Crippen molar-refractivity contribution in [1.82, 2.24) is 0 Å². The number of hydrogen-bond acceptors (Lipinski definition) is 3. The lowest BCUT2D eigenvalue weighted by Gasteiger charge is -2.22. The molecule has 0 aliphatic heterocycles. The Morgan fingerprint density at radius 2 is 1.90 bits per heavy atom. The molecule has 1 saturated carbocycles. The number of hydrogen-bond donors (Lipinski definition) is 3. The van der Waals surface area contributed by atoms with E-state index in [0.717, 1.165) is 42.6 Å². The molecule has 1 aromatic rings. The zero-order valence-corrected chi connectivity index (χ0v) is 12.7. The summed E-state index contributed by atoms with van der Waals surface area (Å²) in [7, 11) is 0. The number of carbonyl (C=O) groups excluding carboxylic acids is 2. The Hall–Kier alpha value is -1.88. The summed E-state index contributed by atoms with van der Waals surface area (Å²) in [6.07, 6.45) is 4.41. The molecule has 5 heteroatoms. The molecule has 0 radical (unpaired) electrons. The van der Waals surface area contributed by atoms with Gasteiger partial charge in [0, 0.05) is 30.3 Å². The van der Waals surface area contributed by atoms with E-state index in [-0.39, 0.29) is 17.4 Å². The van der Waals surface area contributed by atoms with Crippen molar-refractivity contribution in [2.24, 2.45) is 5.73 Å². The van der Waals surface area contributed by atoms with Crippen LogP contribution in [0.25, 0.3) is 0 Å². The topological polar surface area (TPSA) is 84.2 Å². The summed E-state index contributed by atoms with van der Waals surface area (Å²) in [5.74, 6) is -0.160. The van der Waals surface area contributed by atoms with E-state index in [1.807, 2.05) is 13.0 Å². The Balaban J connectivity index is 1.97. The lowest BCUT2D eigenvalue weighted by atomic mass is 9.94. The molecule has 114 valence electrons. The minimum absolute atomic E-state index is 0.0499. The van der Waals surface area contributed by atoms with Crippen molar-refractivity contribution in [2.45, 2.75) is 51.5 Å². The van der Waals surface area contributed by atoms with Gasteiger partial charge in [-0.05, 0) is 43.5 Å². The zero-order valence-electron chi connectivity index (χ0n) is 12.7. The molecule has 1 aliphatic rings. The minimum Gasteiger partial charge on any atom is -0.326 e. The zero-order chi connectivity index (χ0) is 15.5. The van der Waals surface area contributed by atoms with Crippen LogP contribution in [0.1, 0.15) is 44.6 Å². The Kier molecular flexibility index (Phi) is 4.63. The van der Waals surface area contributed by atoms with E-state index in [1.165, 1.54) is 6.92 Å². The molecular formula is C16H23N3O2. The molecule has 21 heavy (non-hydrogen) atoms. The van der Waals surface area contributed by atoms with E-state index in [2.05, 4.69) is 10.6 Å². The second-order valence-corrected chi connectivity index (χ2v) is 6.01. The van der Waals surface area contributed by atoms with Crippen LogP contribution < -0.4 is 16.4 Å². The summed E-state index contributed by atoms with van der Waals surface area (Å²) in [6.45, 7) is 3.36. The fraction of sp³-hybridized carbons (Fsp3) is 0.500. The second-order valence-electron chi connectivity index (χ2n) is 6.01. The predicted octanol–water partition coefficient (Wildman–Crippen LogP) is 2.55. The molecule has 0 unspecified atom stereocenters. The first kappa shape index (κ1) is 15.5. The molecule has 2 rings (SSSR count). The predicted molar refractivity (Wildman–Crippen MR) is 84.1 cm³/mol. The highest BCUT2D eigenvalue weighted by Gasteiger charge is 2.31. The van der Waals surface area contributed by atoms with E-state index in [1.54, 1.807) is 12.1 Å². The number of aryl methyl sites for hydroxylation is 1. The summed E-state index contributed by atoms with van der Waals surface area (Å²) in [5.41, 5.74) is 8.27. The normalized spacial score (nSPS) is 16.5. The lowest BCUT2D eigenvalue weighted by molar-refractivity contribution is -0.117. The van der Waals surface area contributed by atoms with Gasteiger partial charge in [-0.25, -0.2) is 0 Å². The van der Waals surface area contributed by atoms with Crippen LogP contribution >= 0.6 is 0 Å². The Labute approximate surface area is 125 Å². The number of nitrogens with one attached hydrogen (secondary N) is 2. The number of rotatable bonds is 4. The Morgan fingerprint density at radius 1 is 1.24 bits per heavy atom. The molecule has 0 bridgehead atoms. The average molecular weight is 289 g/mol. The summed E-state index contributed by atoms with van der Waals surface area (Å²) < 4.78 is 0. The Bertz CT molecular complexity index is 548. The van der Waals surface area contributed by atoms with Crippen molar-refractivity contribution in [3.05, 3.63) is 23.8 Å². The molecule has 4 N–H and O–H groups in total. The van der Waals surface area contributed by atoms with E-state index in [9.17, 15) is 9.59 Å². The number of nitrogens with two attached hydrogens (primary N) is 1. The molecule has 0 saturated heterocycles. The van der Waals surface area contributed by atoms with Gasteiger partial charge in [-0.3, -0.25) is 9.59 Å². The molecule has 0 atom stereocenters. The van der Waals surface area contributed by atoms with Crippen LogP contribution in [0.2, 0.25) is 0 Å². The van der Waals surface area contributed by atoms with Crippen LogP contribution in [-0.4, -0.2) is 17.4 Å². The monoisotopic (exact) mass is 289 g/mol. The van der Waals surface area contributed by atoms with Gasteiger partial charge in [0.05, 0.1) is 0 Å². The maximum absolute atomic E-state index is 12.1. The van der Waals surface area contributed by atoms with Crippen molar-refractivity contribution in [2.75, 3.05) is 10.6 Å². The number of benzene rings is 1. The molecule has 0 spiro atoms.